The van der Waals surface area contributed by atoms with Crippen LogP contribution in [0.5, 0.6) is 0 Å². The molecular formula is C21H19ClN6O3. The van der Waals surface area contributed by atoms with Crippen LogP contribution in [-0.2, 0) is 13.1 Å². The number of hydrogen-bond donors (Lipinski definition) is 3. The standard InChI is InChI=1S/C21H19ClN6O3/c1-2-28-12-18(19(27-28)21(30)23-11-15-4-3-9-31-15)24-20(29)17-10-16(25-26-17)13-5-7-14(22)8-6-13/h3-10,12H,2,11H2,1H3,(H,23,30)(H,24,29)(H,25,26). The third-order valence-corrected chi connectivity index (χ3v) is 4.77. The minimum atomic E-state index is -0.441. The predicted molar refractivity (Wildman–Crippen MR) is 115 cm³/mol. The SMILES string of the molecule is CCn1cc(NC(=O)c2cc(-c3ccc(Cl)cc3)n[nH]2)c(C(=O)NCc2ccco2)n1. The minimum Gasteiger partial charge on any atom is -0.467 e. The van der Waals surface area contributed by atoms with Gasteiger partial charge in [0.2, 0.25) is 0 Å². The molecule has 0 atom stereocenters. The van der Waals surface area contributed by atoms with Crippen molar-refractivity contribution < 1.29 is 14.0 Å². The van der Waals surface area contributed by atoms with Crippen molar-refractivity contribution in [3.05, 3.63) is 77.1 Å². The molecule has 3 heterocycles. The van der Waals surface area contributed by atoms with E-state index in [4.69, 9.17) is 16.0 Å². The number of anilines is 1. The van der Waals surface area contributed by atoms with Gasteiger partial charge in [-0.25, -0.2) is 0 Å². The fourth-order valence-corrected chi connectivity index (χ4v) is 3.03. The molecule has 9 nitrogen and oxygen atoms in total. The number of H-pyrrole nitrogens is 1. The molecular weight excluding hydrogens is 420 g/mol. The fourth-order valence-electron chi connectivity index (χ4n) is 2.90. The molecule has 0 saturated carbocycles. The molecule has 0 saturated heterocycles. The summed E-state index contributed by atoms with van der Waals surface area (Å²) in [7, 11) is 0. The van der Waals surface area contributed by atoms with Gasteiger partial charge in [0.05, 0.1) is 24.2 Å². The lowest BCUT2D eigenvalue weighted by atomic mass is 10.1. The van der Waals surface area contributed by atoms with Crippen LogP contribution in [0, 0.1) is 0 Å². The molecule has 0 aliphatic carbocycles. The molecule has 0 aliphatic rings. The summed E-state index contributed by atoms with van der Waals surface area (Å²) in [5.74, 6) is -0.255. The van der Waals surface area contributed by atoms with E-state index < -0.39 is 11.8 Å². The number of aryl methyl sites for hydroxylation is 1. The highest BCUT2D eigenvalue weighted by Gasteiger charge is 2.20. The van der Waals surface area contributed by atoms with Crippen LogP contribution in [0.4, 0.5) is 5.69 Å². The van der Waals surface area contributed by atoms with Crippen LogP contribution in [0.1, 0.15) is 33.7 Å². The van der Waals surface area contributed by atoms with E-state index in [9.17, 15) is 9.59 Å². The smallest absolute Gasteiger partial charge is 0.274 e. The number of aromatic nitrogens is 4. The summed E-state index contributed by atoms with van der Waals surface area (Å²) in [6.07, 6.45) is 3.14. The number of amides is 2. The fraction of sp³-hybridized carbons (Fsp3) is 0.143. The molecule has 2 amide bonds. The number of furan rings is 1. The quantitative estimate of drug-likeness (QED) is 0.406. The molecule has 0 radical (unpaired) electrons. The summed E-state index contributed by atoms with van der Waals surface area (Å²) in [6.45, 7) is 2.64. The number of benzene rings is 1. The maximum Gasteiger partial charge on any atom is 0.274 e. The average molecular weight is 439 g/mol. The highest BCUT2D eigenvalue weighted by Crippen LogP contribution is 2.21. The lowest BCUT2D eigenvalue weighted by Gasteiger charge is -2.04. The van der Waals surface area contributed by atoms with Gasteiger partial charge in [-0.1, -0.05) is 23.7 Å². The van der Waals surface area contributed by atoms with Crippen LogP contribution >= 0.6 is 11.6 Å². The molecule has 0 aliphatic heterocycles. The number of nitrogens with one attached hydrogen (secondary N) is 3. The van der Waals surface area contributed by atoms with Gasteiger partial charge in [-0.3, -0.25) is 19.4 Å². The van der Waals surface area contributed by atoms with Gasteiger partial charge in [0, 0.05) is 23.3 Å². The van der Waals surface area contributed by atoms with Gasteiger partial charge in [0.15, 0.2) is 5.69 Å². The Balaban J connectivity index is 1.49. The highest BCUT2D eigenvalue weighted by molar-refractivity contribution is 6.30. The van der Waals surface area contributed by atoms with Gasteiger partial charge in [0.25, 0.3) is 11.8 Å². The molecule has 1 aromatic carbocycles. The zero-order chi connectivity index (χ0) is 21.8. The number of hydrogen-bond acceptors (Lipinski definition) is 5. The summed E-state index contributed by atoms with van der Waals surface area (Å²) < 4.78 is 6.79. The van der Waals surface area contributed by atoms with E-state index >= 15 is 0 Å². The number of rotatable bonds is 7. The van der Waals surface area contributed by atoms with E-state index in [2.05, 4.69) is 25.9 Å². The van der Waals surface area contributed by atoms with Gasteiger partial charge >= 0.3 is 0 Å². The van der Waals surface area contributed by atoms with E-state index in [1.165, 1.54) is 6.26 Å². The molecule has 0 unspecified atom stereocenters. The number of carbonyl (C=O) groups is 2. The van der Waals surface area contributed by atoms with Crippen LogP contribution < -0.4 is 10.6 Å². The Morgan fingerprint density at radius 2 is 2.00 bits per heavy atom. The lowest BCUT2D eigenvalue weighted by Crippen LogP contribution is -2.25. The third kappa shape index (κ3) is 4.67. The largest absolute Gasteiger partial charge is 0.467 e. The Morgan fingerprint density at radius 3 is 2.71 bits per heavy atom. The van der Waals surface area contributed by atoms with Crippen LogP contribution in [0.3, 0.4) is 0 Å². The van der Waals surface area contributed by atoms with Crippen molar-refractivity contribution in [3.8, 4) is 11.3 Å². The van der Waals surface area contributed by atoms with E-state index in [0.717, 1.165) is 5.56 Å². The van der Waals surface area contributed by atoms with Gasteiger partial charge in [-0.2, -0.15) is 10.2 Å². The molecule has 31 heavy (non-hydrogen) atoms. The topological polar surface area (TPSA) is 118 Å². The van der Waals surface area contributed by atoms with Crippen LogP contribution in [0.2, 0.25) is 5.02 Å². The molecule has 4 rings (SSSR count). The van der Waals surface area contributed by atoms with Crippen molar-refractivity contribution in [2.75, 3.05) is 5.32 Å². The Morgan fingerprint density at radius 1 is 1.19 bits per heavy atom. The second-order valence-electron chi connectivity index (χ2n) is 6.64. The number of carbonyl (C=O) groups excluding carboxylic acids is 2. The maximum absolute atomic E-state index is 12.7. The van der Waals surface area contributed by atoms with Crippen molar-refractivity contribution >= 4 is 29.1 Å². The molecule has 0 bridgehead atoms. The third-order valence-electron chi connectivity index (χ3n) is 4.51. The Bertz CT molecular complexity index is 1190. The second-order valence-corrected chi connectivity index (χ2v) is 7.07. The first-order chi connectivity index (χ1) is 15.0. The van der Waals surface area contributed by atoms with Crippen LogP contribution in [-0.4, -0.2) is 31.8 Å². The van der Waals surface area contributed by atoms with Gasteiger partial charge in [-0.05, 0) is 37.3 Å². The average Bonchev–Trinajstić information content (AvgIpc) is 3.53. The Labute approximate surface area is 182 Å². The van der Waals surface area contributed by atoms with Crippen molar-refractivity contribution in [3.63, 3.8) is 0 Å². The first-order valence-corrected chi connectivity index (χ1v) is 9.92. The van der Waals surface area contributed by atoms with Crippen molar-refractivity contribution in [2.45, 2.75) is 20.0 Å². The molecule has 3 aromatic heterocycles. The maximum atomic E-state index is 12.7. The summed E-state index contributed by atoms with van der Waals surface area (Å²) in [5.41, 5.74) is 2.07. The van der Waals surface area contributed by atoms with E-state index in [0.29, 0.717) is 28.7 Å². The number of halogens is 1. The molecule has 0 fully saturated rings. The van der Waals surface area contributed by atoms with Crippen LogP contribution in [0.15, 0.2) is 59.3 Å². The normalized spacial score (nSPS) is 10.8. The summed E-state index contributed by atoms with van der Waals surface area (Å²) in [4.78, 5) is 25.4. The minimum absolute atomic E-state index is 0.110. The Kier molecular flexibility index (Phi) is 5.85. The van der Waals surface area contributed by atoms with Crippen LogP contribution in [0.25, 0.3) is 11.3 Å². The van der Waals surface area contributed by atoms with Crippen molar-refractivity contribution in [1.29, 1.82) is 0 Å². The number of aromatic amines is 1. The molecule has 4 aromatic rings. The van der Waals surface area contributed by atoms with E-state index in [1.54, 1.807) is 41.2 Å². The molecule has 158 valence electrons. The monoisotopic (exact) mass is 438 g/mol. The molecule has 3 N–H and O–H groups in total. The van der Waals surface area contributed by atoms with Gasteiger partial charge in [-0.15, -0.1) is 0 Å². The molecule has 10 heteroatoms. The zero-order valence-electron chi connectivity index (χ0n) is 16.6. The number of nitrogens with zero attached hydrogens (tertiary/aromatic N) is 3. The van der Waals surface area contributed by atoms with Gasteiger partial charge < -0.3 is 15.1 Å². The van der Waals surface area contributed by atoms with Crippen molar-refractivity contribution in [2.24, 2.45) is 0 Å². The lowest BCUT2D eigenvalue weighted by molar-refractivity contribution is 0.0943. The zero-order valence-corrected chi connectivity index (χ0v) is 17.3. The highest BCUT2D eigenvalue weighted by atomic mass is 35.5. The summed E-state index contributed by atoms with van der Waals surface area (Å²) >= 11 is 5.91. The van der Waals surface area contributed by atoms with Crippen molar-refractivity contribution in [1.82, 2.24) is 25.3 Å². The molecule has 0 spiro atoms. The Hall–Kier alpha value is -3.85. The van der Waals surface area contributed by atoms with E-state index in [-0.39, 0.29) is 17.9 Å². The summed E-state index contributed by atoms with van der Waals surface area (Å²) in [6, 6.07) is 12.2. The summed E-state index contributed by atoms with van der Waals surface area (Å²) in [5, 5.41) is 17.2. The predicted octanol–water partition coefficient (Wildman–Crippen LogP) is 3.72. The first-order valence-electron chi connectivity index (χ1n) is 9.54. The van der Waals surface area contributed by atoms with E-state index in [1.807, 2.05) is 19.1 Å². The second kappa shape index (κ2) is 8.88. The van der Waals surface area contributed by atoms with Gasteiger partial charge in [0.1, 0.15) is 11.5 Å². The first kappa shape index (κ1) is 20.4.